The number of ether oxygens (including phenoxy) is 2. The van der Waals surface area contributed by atoms with Crippen molar-refractivity contribution in [2.45, 2.75) is 23.5 Å². The Morgan fingerprint density at radius 3 is 2.39 bits per heavy atom. The number of aliphatic carboxylic acids is 1. The van der Waals surface area contributed by atoms with Crippen molar-refractivity contribution < 1.29 is 19.4 Å². The van der Waals surface area contributed by atoms with Crippen molar-refractivity contribution >= 4 is 17.7 Å². The van der Waals surface area contributed by atoms with Crippen molar-refractivity contribution in [1.82, 2.24) is 0 Å². The van der Waals surface area contributed by atoms with Crippen molar-refractivity contribution in [3.63, 3.8) is 0 Å². The summed E-state index contributed by atoms with van der Waals surface area (Å²) in [6.45, 7) is 2.00. The van der Waals surface area contributed by atoms with Gasteiger partial charge in [0.25, 0.3) is 0 Å². The number of carbonyl (C=O) groups is 1. The Bertz CT molecular complexity index is 667. The van der Waals surface area contributed by atoms with Crippen LogP contribution in [0.5, 0.6) is 11.5 Å². The molecule has 0 fully saturated rings. The Balaban J connectivity index is 2.22. The SMILES string of the molecule is COc1ccc(OC)c(CC(Sc2ccc(C)cc2)C(=O)O)c1. The zero-order valence-electron chi connectivity index (χ0n) is 13.4. The van der Waals surface area contributed by atoms with Crippen LogP contribution in [0.1, 0.15) is 11.1 Å². The maximum atomic E-state index is 11.6. The van der Waals surface area contributed by atoms with E-state index in [1.807, 2.05) is 37.3 Å². The van der Waals surface area contributed by atoms with E-state index in [9.17, 15) is 9.90 Å². The van der Waals surface area contributed by atoms with Crippen molar-refractivity contribution in [2.24, 2.45) is 0 Å². The maximum Gasteiger partial charge on any atom is 0.317 e. The van der Waals surface area contributed by atoms with Gasteiger partial charge < -0.3 is 14.6 Å². The third-order valence-electron chi connectivity index (χ3n) is 3.47. The maximum absolute atomic E-state index is 11.6. The summed E-state index contributed by atoms with van der Waals surface area (Å²) in [6, 6.07) is 13.3. The molecule has 0 aromatic heterocycles. The number of aryl methyl sites for hydroxylation is 1. The first kappa shape index (κ1) is 17.2. The third-order valence-corrected chi connectivity index (χ3v) is 4.66. The zero-order chi connectivity index (χ0) is 16.8. The van der Waals surface area contributed by atoms with Crippen LogP contribution in [-0.4, -0.2) is 30.5 Å². The molecule has 0 aliphatic heterocycles. The van der Waals surface area contributed by atoms with Crippen molar-refractivity contribution in [3.8, 4) is 11.5 Å². The predicted molar refractivity (Wildman–Crippen MR) is 91.7 cm³/mol. The van der Waals surface area contributed by atoms with Gasteiger partial charge in [0.15, 0.2) is 0 Å². The molecule has 4 nitrogen and oxygen atoms in total. The molecule has 0 radical (unpaired) electrons. The monoisotopic (exact) mass is 332 g/mol. The van der Waals surface area contributed by atoms with Crippen LogP contribution in [0.3, 0.4) is 0 Å². The second-order valence-electron chi connectivity index (χ2n) is 5.14. The molecule has 0 heterocycles. The van der Waals surface area contributed by atoms with Crippen LogP contribution in [0.25, 0.3) is 0 Å². The standard InChI is InChI=1S/C18H20O4S/c1-12-4-7-15(8-5-12)23-17(18(19)20)11-13-10-14(21-2)6-9-16(13)22-3/h4-10,17H,11H2,1-3H3,(H,19,20). The minimum Gasteiger partial charge on any atom is -0.497 e. The fourth-order valence-electron chi connectivity index (χ4n) is 2.20. The van der Waals surface area contributed by atoms with Gasteiger partial charge in [-0.2, -0.15) is 0 Å². The van der Waals surface area contributed by atoms with Crippen molar-refractivity contribution in [1.29, 1.82) is 0 Å². The van der Waals surface area contributed by atoms with Crippen molar-refractivity contribution in [3.05, 3.63) is 53.6 Å². The van der Waals surface area contributed by atoms with Crippen LogP contribution in [0, 0.1) is 6.92 Å². The first-order chi connectivity index (χ1) is 11.0. The Hall–Kier alpha value is -2.14. The smallest absolute Gasteiger partial charge is 0.317 e. The molecule has 2 aromatic carbocycles. The molecule has 1 unspecified atom stereocenters. The molecule has 1 N–H and O–H groups in total. The largest absolute Gasteiger partial charge is 0.497 e. The topological polar surface area (TPSA) is 55.8 Å². The Morgan fingerprint density at radius 1 is 1.13 bits per heavy atom. The molecule has 1 atom stereocenters. The van der Waals surface area contributed by atoms with Gasteiger partial charge >= 0.3 is 5.97 Å². The lowest BCUT2D eigenvalue weighted by Gasteiger charge is -2.15. The molecule has 5 heteroatoms. The van der Waals surface area contributed by atoms with Gasteiger partial charge in [0.1, 0.15) is 16.7 Å². The molecule has 0 bridgehead atoms. The fraction of sp³-hybridized carbons (Fsp3) is 0.278. The van der Waals surface area contributed by atoms with E-state index in [2.05, 4.69) is 0 Å². The minimum absolute atomic E-state index is 0.355. The van der Waals surface area contributed by atoms with E-state index in [0.717, 1.165) is 16.0 Å². The lowest BCUT2D eigenvalue weighted by atomic mass is 10.1. The van der Waals surface area contributed by atoms with Gasteiger partial charge in [-0.15, -0.1) is 11.8 Å². The average molecular weight is 332 g/mol. The average Bonchev–Trinajstić information content (AvgIpc) is 2.56. The van der Waals surface area contributed by atoms with E-state index >= 15 is 0 Å². The van der Waals surface area contributed by atoms with Gasteiger partial charge in [0, 0.05) is 4.90 Å². The Labute approximate surface area is 140 Å². The molecular weight excluding hydrogens is 312 g/mol. The highest BCUT2D eigenvalue weighted by atomic mass is 32.2. The Kier molecular flexibility index (Phi) is 5.93. The number of benzene rings is 2. The second kappa shape index (κ2) is 7.92. The van der Waals surface area contributed by atoms with Gasteiger partial charge in [-0.3, -0.25) is 4.79 Å². The van der Waals surface area contributed by atoms with E-state index in [0.29, 0.717) is 17.9 Å². The molecule has 2 rings (SSSR count). The number of thioether (sulfide) groups is 1. The second-order valence-corrected chi connectivity index (χ2v) is 6.42. The molecule has 0 aliphatic carbocycles. The van der Waals surface area contributed by atoms with Crippen LogP contribution in [0.4, 0.5) is 0 Å². The first-order valence-corrected chi connectivity index (χ1v) is 8.08. The summed E-state index contributed by atoms with van der Waals surface area (Å²) in [7, 11) is 3.16. The highest BCUT2D eigenvalue weighted by Crippen LogP contribution is 2.31. The van der Waals surface area contributed by atoms with Gasteiger partial charge in [0.2, 0.25) is 0 Å². The lowest BCUT2D eigenvalue weighted by molar-refractivity contribution is -0.136. The van der Waals surface area contributed by atoms with Crippen molar-refractivity contribution in [2.75, 3.05) is 14.2 Å². The lowest BCUT2D eigenvalue weighted by Crippen LogP contribution is -2.19. The normalized spacial score (nSPS) is 11.8. The molecule has 0 saturated carbocycles. The molecule has 122 valence electrons. The van der Waals surface area contributed by atoms with Gasteiger partial charge in [-0.1, -0.05) is 17.7 Å². The number of hydrogen-bond acceptors (Lipinski definition) is 4. The Morgan fingerprint density at radius 2 is 1.83 bits per heavy atom. The summed E-state index contributed by atoms with van der Waals surface area (Å²) in [5.41, 5.74) is 1.97. The van der Waals surface area contributed by atoms with Crippen LogP contribution < -0.4 is 9.47 Å². The number of methoxy groups -OCH3 is 2. The van der Waals surface area contributed by atoms with Crippen LogP contribution >= 0.6 is 11.8 Å². The van der Waals surface area contributed by atoms with Crippen LogP contribution in [-0.2, 0) is 11.2 Å². The van der Waals surface area contributed by atoms with Gasteiger partial charge in [0.05, 0.1) is 14.2 Å². The molecule has 2 aromatic rings. The summed E-state index contributed by atoms with van der Waals surface area (Å²) in [4.78, 5) is 12.6. The summed E-state index contributed by atoms with van der Waals surface area (Å²) in [6.07, 6.45) is 0.355. The molecule has 23 heavy (non-hydrogen) atoms. The van der Waals surface area contributed by atoms with Gasteiger partial charge in [-0.05, 0) is 49.2 Å². The summed E-state index contributed by atoms with van der Waals surface area (Å²) < 4.78 is 10.6. The summed E-state index contributed by atoms with van der Waals surface area (Å²) in [5.74, 6) is 0.507. The molecule has 0 amide bonds. The van der Waals surface area contributed by atoms with E-state index < -0.39 is 11.2 Å². The molecule has 0 spiro atoms. The quantitative estimate of drug-likeness (QED) is 0.782. The molecular formula is C18H20O4S. The zero-order valence-corrected chi connectivity index (χ0v) is 14.2. The summed E-state index contributed by atoms with van der Waals surface area (Å²) in [5, 5.41) is 8.95. The first-order valence-electron chi connectivity index (χ1n) is 7.20. The fourth-order valence-corrected chi connectivity index (χ4v) is 3.19. The predicted octanol–water partition coefficient (Wildman–Crippen LogP) is 3.80. The summed E-state index contributed by atoms with van der Waals surface area (Å²) >= 11 is 1.34. The van der Waals surface area contributed by atoms with Gasteiger partial charge in [-0.25, -0.2) is 0 Å². The third kappa shape index (κ3) is 4.66. The molecule has 0 saturated heterocycles. The highest BCUT2D eigenvalue weighted by Gasteiger charge is 2.21. The van der Waals surface area contributed by atoms with E-state index in [4.69, 9.17) is 9.47 Å². The van der Waals surface area contributed by atoms with Crippen LogP contribution in [0.15, 0.2) is 47.4 Å². The van der Waals surface area contributed by atoms with E-state index in [1.165, 1.54) is 11.8 Å². The number of carboxylic acid groups (broad SMARTS) is 1. The number of carboxylic acids is 1. The molecule has 0 aliphatic rings. The highest BCUT2D eigenvalue weighted by molar-refractivity contribution is 8.00. The number of hydrogen-bond donors (Lipinski definition) is 1. The van der Waals surface area contributed by atoms with E-state index in [-0.39, 0.29) is 0 Å². The number of rotatable bonds is 7. The minimum atomic E-state index is -0.847. The van der Waals surface area contributed by atoms with E-state index in [1.54, 1.807) is 26.4 Å². The van der Waals surface area contributed by atoms with Crippen LogP contribution in [0.2, 0.25) is 0 Å².